The van der Waals surface area contributed by atoms with E-state index in [1.54, 1.807) is 12.3 Å². The summed E-state index contributed by atoms with van der Waals surface area (Å²) in [5.41, 5.74) is 5.68. The van der Waals surface area contributed by atoms with Crippen LogP contribution < -0.4 is 4.57 Å². The van der Waals surface area contributed by atoms with Gasteiger partial charge in [-0.05, 0) is 43.0 Å². The Kier molecular flexibility index (Phi) is 3.03. The average molecular weight is 349 g/mol. The highest BCUT2D eigenvalue weighted by Gasteiger charge is 2.21. The molecule has 3 aromatic heterocycles. The Morgan fingerprint density at radius 3 is 2.73 bits per heavy atom. The lowest BCUT2D eigenvalue weighted by molar-refractivity contribution is -0.660. The van der Waals surface area contributed by atoms with Gasteiger partial charge in [-0.15, -0.1) is 0 Å². The fourth-order valence-electron chi connectivity index (χ4n) is 3.46. The average Bonchev–Trinajstić information content (AvgIpc) is 3.05. The summed E-state index contributed by atoms with van der Waals surface area (Å²) in [6, 6.07) is 11.8. The second kappa shape index (κ2) is 6.24. The molecule has 1 atom stereocenters. The van der Waals surface area contributed by atoms with Crippen LogP contribution in [0.4, 0.5) is 0 Å². The lowest BCUT2D eigenvalue weighted by Crippen LogP contribution is -2.31. The van der Waals surface area contributed by atoms with Crippen LogP contribution in [-0.2, 0) is 13.5 Å². The van der Waals surface area contributed by atoms with Crippen LogP contribution in [0, 0.1) is 6.92 Å². The molecule has 0 saturated carbocycles. The number of pyridine rings is 2. The molecule has 0 aliphatic rings. The van der Waals surface area contributed by atoms with E-state index in [9.17, 15) is 0 Å². The Balaban J connectivity index is 1.94. The number of aryl methyl sites for hydroxylation is 3. The zero-order valence-corrected chi connectivity index (χ0v) is 15.6. The monoisotopic (exact) mass is 349 g/mol. The molecule has 0 spiro atoms. The van der Waals surface area contributed by atoms with E-state index in [4.69, 9.17) is 9.90 Å². The first kappa shape index (κ1) is 12.6. The SMILES string of the molecule is [2H]C([2H])([2H])C([2H])(C)c1ccc(-c2c(C)ccc3c2oc2nc(CC)ccc23)[n+](C)c1. The Morgan fingerprint density at radius 1 is 1.19 bits per heavy atom. The van der Waals surface area contributed by atoms with Crippen molar-refractivity contribution < 1.29 is 14.5 Å². The molecular weight excluding hydrogens is 320 g/mol. The quantitative estimate of drug-likeness (QED) is 0.459. The molecule has 3 heteroatoms. The number of furan rings is 1. The number of fused-ring (bicyclic) bond motifs is 3. The van der Waals surface area contributed by atoms with Crippen molar-refractivity contribution in [3.8, 4) is 11.3 Å². The molecule has 3 nitrogen and oxygen atoms in total. The lowest BCUT2D eigenvalue weighted by atomic mass is 9.99. The van der Waals surface area contributed by atoms with E-state index in [1.807, 2.05) is 30.7 Å². The zero-order chi connectivity index (χ0) is 21.8. The smallest absolute Gasteiger partial charge is 0.227 e. The standard InChI is InChI=1S/C23H25N2O/c1-6-17-9-11-19-18-10-7-15(4)21(22(18)26-23(19)24-17)20-12-8-16(14(2)3)13-25(20)5/h7-14H,6H2,1-5H3/q+1/i2D3,14D. The number of nitrogens with zero attached hydrogens (tertiary/aromatic N) is 2. The van der Waals surface area contributed by atoms with Gasteiger partial charge < -0.3 is 4.42 Å². The Hall–Kier alpha value is -2.68. The molecule has 4 rings (SSSR count). The van der Waals surface area contributed by atoms with Gasteiger partial charge in [0.2, 0.25) is 11.4 Å². The number of rotatable bonds is 3. The molecule has 0 fully saturated rings. The minimum Gasteiger partial charge on any atom is -0.437 e. The molecule has 0 saturated heterocycles. The topological polar surface area (TPSA) is 29.9 Å². The number of benzene rings is 1. The van der Waals surface area contributed by atoms with E-state index < -0.39 is 12.7 Å². The van der Waals surface area contributed by atoms with E-state index in [0.29, 0.717) is 11.3 Å². The van der Waals surface area contributed by atoms with Crippen molar-refractivity contribution in [2.45, 2.75) is 39.9 Å². The van der Waals surface area contributed by atoms with Gasteiger partial charge in [0.15, 0.2) is 11.8 Å². The summed E-state index contributed by atoms with van der Waals surface area (Å²) in [6.07, 6.45) is 2.56. The van der Waals surface area contributed by atoms with E-state index in [0.717, 1.165) is 45.3 Å². The molecule has 0 N–H and O–H groups in total. The third-order valence-corrected chi connectivity index (χ3v) is 4.96. The third kappa shape index (κ3) is 2.59. The summed E-state index contributed by atoms with van der Waals surface area (Å²) in [7, 11) is 1.86. The van der Waals surface area contributed by atoms with Gasteiger partial charge >= 0.3 is 0 Å². The van der Waals surface area contributed by atoms with Crippen molar-refractivity contribution in [1.82, 2.24) is 4.98 Å². The second-order valence-electron chi connectivity index (χ2n) is 6.78. The van der Waals surface area contributed by atoms with Crippen LogP contribution in [0.2, 0.25) is 0 Å². The largest absolute Gasteiger partial charge is 0.437 e. The fraction of sp³-hybridized carbons (Fsp3) is 0.304. The highest BCUT2D eigenvalue weighted by Crippen LogP contribution is 2.36. The predicted molar refractivity (Wildman–Crippen MR) is 106 cm³/mol. The zero-order valence-electron chi connectivity index (χ0n) is 19.6. The highest BCUT2D eigenvalue weighted by molar-refractivity contribution is 6.08. The molecule has 0 radical (unpaired) electrons. The van der Waals surface area contributed by atoms with Gasteiger partial charge in [-0.1, -0.05) is 32.8 Å². The van der Waals surface area contributed by atoms with Crippen LogP contribution in [0.1, 0.15) is 48.9 Å². The molecule has 0 bridgehead atoms. The van der Waals surface area contributed by atoms with E-state index >= 15 is 0 Å². The number of hydrogen-bond acceptors (Lipinski definition) is 2. The highest BCUT2D eigenvalue weighted by atomic mass is 16.3. The first-order valence-electron chi connectivity index (χ1n) is 10.9. The summed E-state index contributed by atoms with van der Waals surface area (Å²) in [5, 5.41) is 1.97. The molecular formula is C23H25N2O+. The van der Waals surface area contributed by atoms with Crippen molar-refractivity contribution in [3.63, 3.8) is 0 Å². The van der Waals surface area contributed by atoms with Crippen molar-refractivity contribution >= 4 is 22.1 Å². The second-order valence-corrected chi connectivity index (χ2v) is 6.78. The molecule has 26 heavy (non-hydrogen) atoms. The Labute approximate surface area is 159 Å². The van der Waals surface area contributed by atoms with Gasteiger partial charge in [0, 0.05) is 33.6 Å². The van der Waals surface area contributed by atoms with Crippen LogP contribution in [-0.4, -0.2) is 4.98 Å². The number of aromatic nitrogens is 2. The van der Waals surface area contributed by atoms with Gasteiger partial charge in [-0.3, -0.25) is 0 Å². The fourth-order valence-corrected chi connectivity index (χ4v) is 3.46. The van der Waals surface area contributed by atoms with Crippen molar-refractivity contribution in [1.29, 1.82) is 0 Å². The summed E-state index contributed by atoms with van der Waals surface area (Å²) in [6.45, 7) is 3.10. The van der Waals surface area contributed by atoms with Gasteiger partial charge in [0.05, 0.1) is 5.56 Å². The number of hydrogen-bond donors (Lipinski definition) is 0. The summed E-state index contributed by atoms with van der Waals surface area (Å²) < 4.78 is 39.6. The molecule has 4 aromatic rings. The summed E-state index contributed by atoms with van der Waals surface area (Å²) in [5.74, 6) is -1.69. The molecule has 1 aromatic carbocycles. The van der Waals surface area contributed by atoms with Gasteiger partial charge in [0.25, 0.3) is 0 Å². The van der Waals surface area contributed by atoms with E-state index in [-0.39, 0.29) is 0 Å². The van der Waals surface area contributed by atoms with E-state index in [1.165, 1.54) is 6.92 Å². The summed E-state index contributed by atoms with van der Waals surface area (Å²) >= 11 is 0. The van der Waals surface area contributed by atoms with Crippen molar-refractivity contribution in [2.75, 3.05) is 0 Å². The molecule has 0 aliphatic heterocycles. The Bertz CT molecular complexity index is 1270. The maximum Gasteiger partial charge on any atom is 0.227 e. The van der Waals surface area contributed by atoms with Crippen LogP contribution in [0.25, 0.3) is 33.3 Å². The molecule has 3 heterocycles. The Morgan fingerprint density at radius 2 is 2.00 bits per heavy atom. The maximum atomic E-state index is 8.37. The van der Waals surface area contributed by atoms with Crippen LogP contribution in [0.15, 0.2) is 47.0 Å². The minimum atomic E-state index is -2.42. The van der Waals surface area contributed by atoms with Crippen molar-refractivity contribution in [2.24, 2.45) is 7.05 Å². The van der Waals surface area contributed by atoms with Crippen LogP contribution in [0.3, 0.4) is 0 Å². The maximum absolute atomic E-state index is 8.37. The van der Waals surface area contributed by atoms with Crippen LogP contribution >= 0.6 is 0 Å². The summed E-state index contributed by atoms with van der Waals surface area (Å²) in [4.78, 5) is 4.63. The van der Waals surface area contributed by atoms with Crippen LogP contribution in [0.5, 0.6) is 0 Å². The molecule has 0 amide bonds. The lowest BCUT2D eigenvalue weighted by Gasteiger charge is -2.08. The molecule has 1 unspecified atom stereocenters. The first-order chi connectivity index (χ1) is 14.0. The van der Waals surface area contributed by atoms with Gasteiger partial charge in [0.1, 0.15) is 7.05 Å². The van der Waals surface area contributed by atoms with Gasteiger partial charge in [-0.25, -0.2) is 9.55 Å². The van der Waals surface area contributed by atoms with E-state index in [2.05, 4.69) is 30.1 Å². The normalized spacial score (nSPS) is 16.8. The minimum absolute atomic E-state index is 0.442. The third-order valence-electron chi connectivity index (χ3n) is 4.96. The first-order valence-corrected chi connectivity index (χ1v) is 8.87. The van der Waals surface area contributed by atoms with Crippen molar-refractivity contribution in [3.05, 3.63) is 59.4 Å². The molecule has 0 aliphatic carbocycles. The predicted octanol–water partition coefficient (Wildman–Crippen LogP) is 5.47. The van der Waals surface area contributed by atoms with Gasteiger partial charge in [-0.2, -0.15) is 0 Å². The molecule has 132 valence electrons.